The average molecular weight is 500 g/mol. The molecule has 0 bridgehead atoms. The lowest BCUT2D eigenvalue weighted by molar-refractivity contribution is -0.122. The predicted molar refractivity (Wildman–Crippen MR) is 132 cm³/mol. The van der Waals surface area contributed by atoms with Crippen molar-refractivity contribution in [1.82, 2.24) is 19.5 Å². The van der Waals surface area contributed by atoms with Gasteiger partial charge in [-0.3, -0.25) is 9.36 Å². The zero-order valence-electron chi connectivity index (χ0n) is 20.1. The number of aliphatic hydroxyl groups is 1. The summed E-state index contributed by atoms with van der Waals surface area (Å²) in [6, 6.07) is 3.61. The Morgan fingerprint density at radius 2 is 1.83 bits per heavy atom. The van der Waals surface area contributed by atoms with E-state index in [-0.39, 0.29) is 47.6 Å². The first-order chi connectivity index (χ1) is 17.3. The Balaban J connectivity index is 1.49. The molecule has 1 amide bonds. The van der Waals surface area contributed by atoms with Gasteiger partial charge in [0.2, 0.25) is 17.8 Å². The van der Waals surface area contributed by atoms with Crippen LogP contribution in [0.3, 0.4) is 0 Å². The Morgan fingerprint density at radius 1 is 1.11 bits per heavy atom. The number of fused-ring (bicyclic) bond motifs is 1. The average Bonchev–Trinajstić information content (AvgIpc) is 3.21. The minimum absolute atomic E-state index is 0.0427. The van der Waals surface area contributed by atoms with Crippen molar-refractivity contribution < 1.29 is 18.7 Å². The molecule has 5 N–H and O–H groups in total. The number of anilines is 3. The van der Waals surface area contributed by atoms with Gasteiger partial charge in [-0.25, -0.2) is 18.7 Å². The Kier molecular flexibility index (Phi) is 6.74. The van der Waals surface area contributed by atoms with E-state index in [1.165, 1.54) is 18.2 Å². The zero-order chi connectivity index (χ0) is 25.4. The predicted octanol–water partition coefficient (Wildman–Crippen LogP) is 4.03. The molecule has 0 aliphatic heterocycles. The molecule has 0 radical (unpaired) electrons. The zero-order valence-corrected chi connectivity index (χ0v) is 20.1. The number of rotatable bonds is 6. The van der Waals surface area contributed by atoms with E-state index in [0.717, 1.165) is 12.8 Å². The van der Waals surface area contributed by atoms with Gasteiger partial charge in [0.05, 0.1) is 12.3 Å². The summed E-state index contributed by atoms with van der Waals surface area (Å²) >= 11 is 0. The van der Waals surface area contributed by atoms with Crippen molar-refractivity contribution in [2.24, 2.45) is 17.6 Å². The number of para-hydroxylation sites is 1. The molecule has 1 unspecified atom stereocenters. The van der Waals surface area contributed by atoms with Gasteiger partial charge in [-0.2, -0.15) is 4.98 Å². The van der Waals surface area contributed by atoms with Crippen molar-refractivity contribution in [3.05, 3.63) is 36.0 Å². The second-order valence-corrected chi connectivity index (χ2v) is 10.0. The van der Waals surface area contributed by atoms with Crippen LogP contribution in [0, 0.1) is 23.5 Å². The molecule has 1 aromatic carbocycles. The number of amides is 1. The van der Waals surface area contributed by atoms with Gasteiger partial charge in [-0.1, -0.05) is 13.0 Å². The van der Waals surface area contributed by atoms with E-state index in [4.69, 9.17) is 10.7 Å². The highest BCUT2D eigenvalue weighted by Crippen LogP contribution is 2.37. The Bertz CT molecular complexity index is 1240. The number of aliphatic hydroxyl groups excluding tert-OH is 1. The maximum Gasteiger partial charge on any atom is 0.224 e. The fourth-order valence-electron chi connectivity index (χ4n) is 5.35. The summed E-state index contributed by atoms with van der Waals surface area (Å²) < 4.78 is 30.7. The number of primary amides is 1. The molecule has 2 aliphatic carbocycles. The van der Waals surface area contributed by atoms with Crippen LogP contribution in [0.5, 0.6) is 0 Å². The van der Waals surface area contributed by atoms with E-state index < -0.39 is 11.6 Å². The molecule has 0 saturated heterocycles. The van der Waals surface area contributed by atoms with E-state index in [1.807, 2.05) is 11.5 Å². The quantitative estimate of drug-likeness (QED) is 0.403. The monoisotopic (exact) mass is 499 g/mol. The number of hydrogen-bond acceptors (Lipinski definition) is 7. The lowest BCUT2D eigenvalue weighted by Gasteiger charge is -2.31. The topological polar surface area (TPSA) is 131 Å². The number of nitrogens with one attached hydrogen (secondary N) is 2. The van der Waals surface area contributed by atoms with Crippen molar-refractivity contribution in [3.63, 3.8) is 0 Å². The molecule has 2 aromatic heterocycles. The fourth-order valence-corrected chi connectivity index (χ4v) is 5.35. The minimum atomic E-state index is -0.732. The molecule has 3 aromatic rings. The van der Waals surface area contributed by atoms with Crippen LogP contribution >= 0.6 is 0 Å². The molecule has 192 valence electrons. The number of carbonyl (C=O) groups excluding carboxylic acids is 1. The molecule has 2 aliphatic rings. The largest absolute Gasteiger partial charge is 0.393 e. The smallest absolute Gasteiger partial charge is 0.224 e. The highest BCUT2D eigenvalue weighted by molar-refractivity contribution is 5.78. The SMILES string of the molecule is C[C@@H]1CC[C@@H](Nc2ncc3nc(Nc4c(F)cccc4F)n(C4CCC(C(N)=O)CC4)c3n2)CC1O. The Hall–Kier alpha value is -3.34. The van der Waals surface area contributed by atoms with Crippen molar-refractivity contribution in [3.8, 4) is 0 Å². The van der Waals surface area contributed by atoms with E-state index in [1.54, 1.807) is 6.20 Å². The van der Waals surface area contributed by atoms with E-state index in [0.29, 0.717) is 49.2 Å². The summed E-state index contributed by atoms with van der Waals surface area (Å²) in [5.74, 6) is -1.04. The van der Waals surface area contributed by atoms with Gasteiger partial charge < -0.3 is 21.5 Å². The van der Waals surface area contributed by atoms with Gasteiger partial charge in [0.25, 0.3) is 0 Å². The molecule has 2 fully saturated rings. The molecule has 2 heterocycles. The summed E-state index contributed by atoms with van der Waals surface area (Å²) in [6.45, 7) is 2.04. The number of benzene rings is 1. The summed E-state index contributed by atoms with van der Waals surface area (Å²) in [5.41, 5.74) is 6.23. The lowest BCUT2D eigenvalue weighted by atomic mass is 9.85. The minimum Gasteiger partial charge on any atom is -0.393 e. The van der Waals surface area contributed by atoms with Crippen LogP contribution in [-0.4, -0.2) is 42.7 Å². The summed E-state index contributed by atoms with van der Waals surface area (Å²) in [7, 11) is 0. The maximum atomic E-state index is 14.4. The third-order valence-electron chi connectivity index (χ3n) is 7.58. The molecular weight excluding hydrogens is 468 g/mol. The second kappa shape index (κ2) is 9.96. The molecule has 9 nitrogen and oxygen atoms in total. The number of halogens is 2. The first kappa shape index (κ1) is 24.4. The summed E-state index contributed by atoms with van der Waals surface area (Å²) in [5, 5.41) is 16.4. The molecular formula is C25H31F2N7O2. The number of hydrogen-bond donors (Lipinski definition) is 4. The lowest BCUT2D eigenvalue weighted by Crippen LogP contribution is -2.35. The standard InChI is InChI=1S/C25H31F2N7O2/c1-13-5-8-15(11-20(13)35)30-24-29-12-19-23(33-24)34(16-9-6-14(7-10-16)22(28)36)25(31-19)32-21-17(26)3-2-4-18(21)27/h2-4,12-16,20,35H,5-11H2,1H3,(H2,28,36)(H,31,32)(H,29,30,33)/t13-,14?,15-,16?,20?/m1/s1. The van der Waals surface area contributed by atoms with Crippen LogP contribution in [0.4, 0.5) is 26.4 Å². The van der Waals surface area contributed by atoms with Gasteiger partial charge in [-0.15, -0.1) is 0 Å². The number of carbonyl (C=O) groups is 1. The Morgan fingerprint density at radius 3 is 2.50 bits per heavy atom. The highest BCUT2D eigenvalue weighted by atomic mass is 19.1. The first-order valence-corrected chi connectivity index (χ1v) is 12.5. The number of nitrogens with zero attached hydrogens (tertiary/aromatic N) is 4. The maximum absolute atomic E-state index is 14.4. The third-order valence-corrected chi connectivity index (χ3v) is 7.58. The van der Waals surface area contributed by atoms with Crippen LogP contribution in [0.2, 0.25) is 0 Å². The van der Waals surface area contributed by atoms with Crippen LogP contribution in [-0.2, 0) is 4.79 Å². The van der Waals surface area contributed by atoms with Gasteiger partial charge >= 0.3 is 0 Å². The molecule has 0 spiro atoms. The van der Waals surface area contributed by atoms with Crippen molar-refractivity contribution in [2.45, 2.75) is 70.1 Å². The van der Waals surface area contributed by atoms with Crippen molar-refractivity contribution in [1.29, 1.82) is 0 Å². The molecule has 11 heteroatoms. The fraction of sp³-hybridized carbons (Fsp3) is 0.520. The van der Waals surface area contributed by atoms with Crippen LogP contribution < -0.4 is 16.4 Å². The van der Waals surface area contributed by atoms with Crippen LogP contribution in [0.15, 0.2) is 24.4 Å². The van der Waals surface area contributed by atoms with Gasteiger partial charge in [0.1, 0.15) is 22.8 Å². The highest BCUT2D eigenvalue weighted by Gasteiger charge is 2.30. The first-order valence-electron chi connectivity index (χ1n) is 12.5. The summed E-state index contributed by atoms with van der Waals surface area (Å²) in [4.78, 5) is 25.4. The van der Waals surface area contributed by atoms with E-state index in [9.17, 15) is 18.7 Å². The second-order valence-electron chi connectivity index (χ2n) is 10.0. The summed E-state index contributed by atoms with van der Waals surface area (Å²) in [6.07, 6.45) is 6.14. The molecule has 36 heavy (non-hydrogen) atoms. The van der Waals surface area contributed by atoms with Crippen LogP contribution in [0.1, 0.15) is 57.9 Å². The van der Waals surface area contributed by atoms with Gasteiger partial charge in [0, 0.05) is 18.0 Å². The third kappa shape index (κ3) is 4.84. The van der Waals surface area contributed by atoms with Crippen molar-refractivity contribution in [2.75, 3.05) is 10.6 Å². The van der Waals surface area contributed by atoms with Crippen molar-refractivity contribution >= 4 is 34.7 Å². The number of aromatic nitrogens is 4. The number of imidazole rings is 1. The Labute approximate surface area is 207 Å². The van der Waals surface area contributed by atoms with Crippen LogP contribution in [0.25, 0.3) is 11.2 Å². The van der Waals surface area contributed by atoms with E-state index in [2.05, 4.69) is 20.6 Å². The molecule has 3 atom stereocenters. The normalized spacial score (nSPS) is 26.6. The molecule has 5 rings (SSSR count). The van der Waals surface area contributed by atoms with E-state index >= 15 is 0 Å². The molecule has 2 saturated carbocycles. The van der Waals surface area contributed by atoms with Gasteiger partial charge in [-0.05, 0) is 63.0 Å². The number of nitrogens with two attached hydrogens (primary N) is 1. The van der Waals surface area contributed by atoms with Gasteiger partial charge in [0.15, 0.2) is 5.65 Å².